The lowest BCUT2D eigenvalue weighted by molar-refractivity contribution is 1.14. The maximum absolute atomic E-state index is 11.1. The number of benzene rings is 1. The summed E-state index contributed by atoms with van der Waals surface area (Å²) in [5.74, 6) is 0. The van der Waals surface area contributed by atoms with E-state index >= 15 is 0 Å². The van der Waals surface area contributed by atoms with E-state index in [0.29, 0.717) is 5.52 Å². The predicted octanol–water partition coefficient (Wildman–Crippen LogP) is 1.71. The minimum absolute atomic E-state index is 0.307. The minimum Gasteiger partial charge on any atom is -0.266 e. The Bertz CT molecular complexity index is 518. The lowest BCUT2D eigenvalue weighted by atomic mass is 10.2. The molecule has 0 amide bonds. The fourth-order valence-corrected chi connectivity index (χ4v) is 1.38. The van der Waals surface area contributed by atoms with Crippen LogP contribution in [0.3, 0.4) is 0 Å². The molecule has 2 aromatic rings. The Balaban J connectivity index is 2.95. The van der Waals surface area contributed by atoms with Gasteiger partial charge in [-0.15, -0.1) is 0 Å². The van der Waals surface area contributed by atoms with Crippen LogP contribution in [0.1, 0.15) is 5.56 Å². The van der Waals surface area contributed by atoms with Gasteiger partial charge in [-0.1, -0.05) is 6.07 Å². The summed E-state index contributed by atoms with van der Waals surface area (Å²) in [6, 6.07) is 5.56. The van der Waals surface area contributed by atoms with Crippen LogP contribution in [0.4, 0.5) is 0 Å². The molecule has 4 heteroatoms. The number of halogens is 1. The third kappa shape index (κ3) is 1.31. The molecule has 0 aliphatic heterocycles. The molecule has 3 nitrogen and oxygen atoms in total. The van der Waals surface area contributed by atoms with Crippen LogP contribution in [0.2, 0.25) is 0 Å². The molecule has 13 heavy (non-hydrogen) atoms. The van der Waals surface area contributed by atoms with Gasteiger partial charge in [-0.2, -0.15) is 0 Å². The molecule has 2 rings (SSSR count). The highest BCUT2D eigenvalue weighted by Gasteiger charge is 2.00. The largest absolute Gasteiger partial charge is 0.284 e. The summed E-state index contributed by atoms with van der Waals surface area (Å²) in [5.41, 5.74) is 2.16. The van der Waals surface area contributed by atoms with Crippen LogP contribution in [-0.4, -0.2) is 9.07 Å². The molecule has 0 radical (unpaired) electrons. The summed E-state index contributed by atoms with van der Waals surface area (Å²) in [6.45, 7) is 1.96. The third-order valence-electron chi connectivity index (χ3n) is 1.85. The molecule has 0 aliphatic rings. The van der Waals surface area contributed by atoms with Gasteiger partial charge in [0.2, 0.25) is 0 Å². The average molecular weight is 195 g/mol. The Hall–Kier alpha value is -1.35. The van der Waals surface area contributed by atoms with Gasteiger partial charge in [0.25, 0.3) is 5.56 Å². The predicted molar refractivity (Wildman–Crippen MR) is 52.0 cm³/mol. The zero-order valence-electron chi connectivity index (χ0n) is 6.99. The second-order valence-electron chi connectivity index (χ2n) is 2.87. The highest BCUT2D eigenvalue weighted by Crippen LogP contribution is 2.11. The summed E-state index contributed by atoms with van der Waals surface area (Å²) in [5, 5.41) is 0. The van der Waals surface area contributed by atoms with E-state index in [0.717, 1.165) is 15.2 Å². The number of aromatic nitrogens is 2. The van der Waals surface area contributed by atoms with Crippen LogP contribution in [0, 0.1) is 6.92 Å². The Morgan fingerprint density at radius 1 is 1.46 bits per heavy atom. The Morgan fingerprint density at radius 3 is 3.00 bits per heavy atom. The van der Waals surface area contributed by atoms with Crippen molar-refractivity contribution in [2.45, 2.75) is 6.92 Å². The van der Waals surface area contributed by atoms with Gasteiger partial charge in [-0.25, -0.2) is 9.07 Å². The molecule has 0 unspecified atom stereocenters. The van der Waals surface area contributed by atoms with Crippen molar-refractivity contribution in [3.8, 4) is 0 Å². The number of hydrogen-bond donors (Lipinski definition) is 0. The van der Waals surface area contributed by atoms with Crippen LogP contribution >= 0.6 is 11.8 Å². The molecule has 0 saturated carbocycles. The van der Waals surface area contributed by atoms with Crippen LogP contribution in [0.25, 0.3) is 11.0 Å². The van der Waals surface area contributed by atoms with E-state index in [1.54, 1.807) is 6.07 Å². The van der Waals surface area contributed by atoms with Crippen molar-refractivity contribution < 1.29 is 0 Å². The monoisotopic (exact) mass is 194 g/mol. The number of fused-ring (bicyclic) bond motifs is 1. The highest BCUT2D eigenvalue weighted by atomic mass is 35.5. The van der Waals surface area contributed by atoms with E-state index < -0.39 is 0 Å². The van der Waals surface area contributed by atoms with Crippen LogP contribution in [0.15, 0.2) is 29.2 Å². The van der Waals surface area contributed by atoms with E-state index in [-0.39, 0.29) is 5.56 Å². The minimum atomic E-state index is -0.307. The quantitative estimate of drug-likeness (QED) is 0.640. The van der Waals surface area contributed by atoms with Gasteiger partial charge in [0.15, 0.2) is 0 Å². The first kappa shape index (κ1) is 8.26. The smallest absolute Gasteiger partial charge is 0.266 e. The molecule has 0 N–H and O–H groups in total. The van der Waals surface area contributed by atoms with Crippen molar-refractivity contribution in [1.82, 2.24) is 9.07 Å². The first-order chi connectivity index (χ1) is 6.18. The summed E-state index contributed by atoms with van der Waals surface area (Å²) in [7, 11) is 0. The van der Waals surface area contributed by atoms with Gasteiger partial charge in [-0.3, -0.25) is 4.79 Å². The number of rotatable bonds is 0. The van der Waals surface area contributed by atoms with Gasteiger partial charge < -0.3 is 0 Å². The van der Waals surface area contributed by atoms with Crippen molar-refractivity contribution in [3.05, 3.63) is 40.3 Å². The van der Waals surface area contributed by atoms with Crippen molar-refractivity contribution >= 4 is 22.8 Å². The number of hydrogen-bond acceptors (Lipinski definition) is 2. The van der Waals surface area contributed by atoms with E-state index in [2.05, 4.69) is 4.98 Å². The zero-order valence-corrected chi connectivity index (χ0v) is 7.75. The van der Waals surface area contributed by atoms with E-state index in [4.69, 9.17) is 11.8 Å². The van der Waals surface area contributed by atoms with E-state index in [1.165, 1.54) is 6.20 Å². The molecule has 1 aromatic carbocycles. The standard InChI is InChI=1S/C9H7ClN2O/c1-6-2-3-8-7(4-6)11-5-9(13)12(8)10/h2-5H,1H3. The molecule has 0 spiro atoms. The molecular formula is C9H7ClN2O. The Labute approximate surface area is 79.7 Å². The molecule has 1 heterocycles. The molecule has 0 fully saturated rings. The van der Waals surface area contributed by atoms with Crippen molar-refractivity contribution in [2.24, 2.45) is 0 Å². The molecule has 66 valence electrons. The van der Waals surface area contributed by atoms with Crippen LogP contribution < -0.4 is 5.56 Å². The fraction of sp³-hybridized carbons (Fsp3) is 0.111. The van der Waals surface area contributed by atoms with Crippen LogP contribution in [0.5, 0.6) is 0 Å². The van der Waals surface area contributed by atoms with Gasteiger partial charge in [-0.05, 0) is 24.6 Å². The van der Waals surface area contributed by atoms with Gasteiger partial charge in [0.05, 0.1) is 17.2 Å². The second-order valence-corrected chi connectivity index (χ2v) is 3.21. The van der Waals surface area contributed by atoms with Crippen molar-refractivity contribution in [1.29, 1.82) is 0 Å². The third-order valence-corrected chi connectivity index (χ3v) is 2.20. The molecular weight excluding hydrogens is 188 g/mol. The normalized spacial score (nSPS) is 10.6. The lowest BCUT2D eigenvalue weighted by Crippen LogP contribution is -2.12. The van der Waals surface area contributed by atoms with Gasteiger partial charge in [0.1, 0.15) is 0 Å². The lowest BCUT2D eigenvalue weighted by Gasteiger charge is -2.00. The first-order valence-electron chi connectivity index (χ1n) is 3.83. The maximum Gasteiger partial charge on any atom is 0.284 e. The van der Waals surface area contributed by atoms with Crippen molar-refractivity contribution in [3.63, 3.8) is 0 Å². The maximum atomic E-state index is 11.1. The Kier molecular flexibility index (Phi) is 1.81. The molecule has 0 aliphatic carbocycles. The molecule has 1 aromatic heterocycles. The van der Waals surface area contributed by atoms with Gasteiger partial charge >= 0.3 is 0 Å². The fourth-order valence-electron chi connectivity index (χ4n) is 1.20. The topological polar surface area (TPSA) is 34.9 Å². The molecule has 0 bridgehead atoms. The highest BCUT2D eigenvalue weighted by molar-refractivity contribution is 6.18. The zero-order chi connectivity index (χ0) is 9.42. The van der Waals surface area contributed by atoms with Crippen molar-refractivity contribution in [2.75, 3.05) is 0 Å². The second kappa shape index (κ2) is 2.85. The molecule has 0 saturated heterocycles. The van der Waals surface area contributed by atoms with E-state index in [9.17, 15) is 4.79 Å². The molecule has 0 atom stereocenters. The van der Waals surface area contributed by atoms with Gasteiger partial charge in [0, 0.05) is 11.8 Å². The first-order valence-corrected chi connectivity index (χ1v) is 4.17. The van der Waals surface area contributed by atoms with E-state index in [1.807, 2.05) is 19.1 Å². The summed E-state index contributed by atoms with van der Waals surface area (Å²) in [6.07, 6.45) is 1.22. The Morgan fingerprint density at radius 2 is 2.23 bits per heavy atom. The SMILES string of the molecule is Cc1ccc2c(c1)ncc(=O)n2Cl. The number of nitrogens with zero attached hydrogens (tertiary/aromatic N) is 2. The van der Waals surface area contributed by atoms with Crippen LogP contribution in [-0.2, 0) is 0 Å². The number of aryl methyl sites for hydroxylation is 1. The average Bonchev–Trinajstić information content (AvgIpc) is 2.12. The summed E-state index contributed by atoms with van der Waals surface area (Å²) >= 11 is 5.74. The summed E-state index contributed by atoms with van der Waals surface area (Å²) < 4.78 is 1.07. The summed E-state index contributed by atoms with van der Waals surface area (Å²) in [4.78, 5) is 15.1.